The summed E-state index contributed by atoms with van der Waals surface area (Å²) < 4.78 is 16.4. The molecule has 0 unspecified atom stereocenters. The van der Waals surface area contributed by atoms with Crippen LogP contribution in [0.1, 0.15) is 31.9 Å². The van der Waals surface area contributed by atoms with Crippen LogP contribution in [0.2, 0.25) is 0 Å². The van der Waals surface area contributed by atoms with Gasteiger partial charge >= 0.3 is 12.0 Å². The van der Waals surface area contributed by atoms with Gasteiger partial charge in [-0.1, -0.05) is 36.4 Å². The number of esters is 1. The zero-order valence-electron chi connectivity index (χ0n) is 19.9. The average molecular weight is 458 g/mol. The predicted octanol–water partition coefficient (Wildman–Crippen LogP) is 3.03. The van der Waals surface area contributed by atoms with Crippen molar-refractivity contribution in [1.29, 1.82) is 0 Å². The van der Waals surface area contributed by atoms with Gasteiger partial charge in [-0.3, -0.25) is 4.79 Å². The van der Waals surface area contributed by atoms with E-state index in [1.807, 2.05) is 36.4 Å². The molecule has 2 aromatic carbocycles. The monoisotopic (exact) mass is 457 g/mol. The summed E-state index contributed by atoms with van der Waals surface area (Å²) in [6.45, 7) is 6.55. The van der Waals surface area contributed by atoms with Crippen LogP contribution in [0.5, 0.6) is 11.5 Å². The number of ether oxygens (including phenoxy) is 3. The van der Waals surface area contributed by atoms with Crippen LogP contribution in [0.3, 0.4) is 0 Å². The number of amides is 2. The van der Waals surface area contributed by atoms with Gasteiger partial charge in [0.2, 0.25) is 0 Å². The fraction of sp³-hybridized carbons (Fsp3) is 0.440. The smallest absolute Gasteiger partial charge is 0.315 e. The van der Waals surface area contributed by atoms with Crippen molar-refractivity contribution in [2.24, 2.45) is 11.1 Å². The first-order valence-corrected chi connectivity index (χ1v) is 11.0. The molecule has 0 saturated carbocycles. The fourth-order valence-electron chi connectivity index (χ4n) is 2.97. The lowest BCUT2D eigenvalue weighted by Gasteiger charge is -2.22. The van der Waals surface area contributed by atoms with Gasteiger partial charge in [0.25, 0.3) is 0 Å². The molecule has 0 aromatic heterocycles. The molecule has 8 heteroatoms. The van der Waals surface area contributed by atoms with E-state index in [-0.39, 0.29) is 24.6 Å². The molecule has 0 aliphatic heterocycles. The van der Waals surface area contributed by atoms with Gasteiger partial charge in [0, 0.05) is 13.1 Å². The van der Waals surface area contributed by atoms with Gasteiger partial charge in [0.1, 0.15) is 13.2 Å². The lowest BCUT2D eigenvalue weighted by Crippen LogP contribution is -2.45. The molecule has 0 saturated heterocycles. The Bertz CT molecular complexity index is 897. The van der Waals surface area contributed by atoms with E-state index in [2.05, 4.69) is 10.6 Å². The van der Waals surface area contributed by atoms with Crippen LogP contribution in [0, 0.1) is 5.41 Å². The summed E-state index contributed by atoms with van der Waals surface area (Å²) in [6, 6.07) is 14.4. The molecule has 0 spiro atoms. The predicted molar refractivity (Wildman–Crippen MR) is 127 cm³/mol. The number of hydrogen-bond donors (Lipinski definition) is 3. The molecule has 0 aliphatic carbocycles. The number of nitrogens with two attached hydrogens (primary N) is 1. The normalized spacial score (nSPS) is 11.9. The summed E-state index contributed by atoms with van der Waals surface area (Å²) in [6.07, 6.45) is 0.534. The highest BCUT2D eigenvalue weighted by Crippen LogP contribution is 2.28. The highest BCUT2D eigenvalue weighted by Gasteiger charge is 2.25. The van der Waals surface area contributed by atoms with E-state index in [1.54, 1.807) is 40.0 Å². The number of carbonyl (C=O) groups excluding carboxylic acids is 2. The van der Waals surface area contributed by atoms with Crippen molar-refractivity contribution in [3.8, 4) is 11.5 Å². The number of carbonyl (C=O) groups is 2. The van der Waals surface area contributed by atoms with Crippen molar-refractivity contribution in [1.82, 2.24) is 10.6 Å². The molecule has 2 amide bonds. The van der Waals surface area contributed by atoms with Crippen LogP contribution in [-0.4, -0.2) is 44.9 Å². The number of hydrogen-bond acceptors (Lipinski definition) is 6. The summed E-state index contributed by atoms with van der Waals surface area (Å²) in [5.41, 5.74) is 6.75. The zero-order chi connectivity index (χ0) is 24.3. The Labute approximate surface area is 195 Å². The molecule has 0 fully saturated rings. The molecule has 0 aliphatic rings. The Morgan fingerprint density at radius 1 is 1.03 bits per heavy atom. The topological polar surface area (TPSA) is 112 Å². The Hall–Kier alpha value is -3.26. The molecule has 0 heterocycles. The summed E-state index contributed by atoms with van der Waals surface area (Å²) in [4.78, 5) is 24.8. The van der Waals surface area contributed by atoms with E-state index in [0.717, 1.165) is 11.1 Å². The molecular weight excluding hydrogens is 422 g/mol. The van der Waals surface area contributed by atoms with Gasteiger partial charge in [-0.15, -0.1) is 0 Å². The SMILES string of the molecule is COc1cc(CNC(=O)N[C@@H](COC(=O)C(C)(C)C)Cc2ccccc2)ccc1OCCN. The van der Waals surface area contributed by atoms with Crippen LogP contribution in [0.4, 0.5) is 4.79 Å². The van der Waals surface area contributed by atoms with Crippen molar-refractivity contribution in [3.63, 3.8) is 0 Å². The molecule has 2 aromatic rings. The summed E-state index contributed by atoms with van der Waals surface area (Å²) >= 11 is 0. The lowest BCUT2D eigenvalue weighted by molar-refractivity contribution is -0.153. The van der Waals surface area contributed by atoms with Gasteiger partial charge in [-0.2, -0.15) is 0 Å². The highest BCUT2D eigenvalue weighted by atomic mass is 16.5. The van der Waals surface area contributed by atoms with Gasteiger partial charge in [-0.25, -0.2) is 4.79 Å². The van der Waals surface area contributed by atoms with E-state index >= 15 is 0 Å². The molecule has 33 heavy (non-hydrogen) atoms. The molecule has 180 valence electrons. The van der Waals surface area contributed by atoms with Crippen molar-refractivity contribution in [2.45, 2.75) is 39.8 Å². The number of benzene rings is 2. The number of rotatable bonds is 11. The minimum atomic E-state index is -0.612. The number of urea groups is 1. The molecular formula is C25H35N3O5. The second kappa shape index (κ2) is 12.7. The second-order valence-corrected chi connectivity index (χ2v) is 8.68. The van der Waals surface area contributed by atoms with Crippen LogP contribution in [0.15, 0.2) is 48.5 Å². The molecule has 8 nitrogen and oxygen atoms in total. The quantitative estimate of drug-likeness (QED) is 0.447. The van der Waals surface area contributed by atoms with Crippen molar-refractivity contribution in [2.75, 3.05) is 26.9 Å². The highest BCUT2D eigenvalue weighted by molar-refractivity contribution is 5.76. The van der Waals surface area contributed by atoms with Crippen molar-refractivity contribution >= 4 is 12.0 Å². The van der Waals surface area contributed by atoms with E-state index < -0.39 is 5.41 Å². The molecule has 1 atom stereocenters. The summed E-state index contributed by atoms with van der Waals surface area (Å²) in [5, 5.41) is 5.75. The largest absolute Gasteiger partial charge is 0.493 e. The van der Waals surface area contributed by atoms with Gasteiger partial charge in [0.05, 0.1) is 18.6 Å². The first kappa shape index (κ1) is 26.0. The Morgan fingerprint density at radius 3 is 2.39 bits per heavy atom. The maximum Gasteiger partial charge on any atom is 0.315 e. The Morgan fingerprint density at radius 2 is 1.76 bits per heavy atom. The Balaban J connectivity index is 1.97. The second-order valence-electron chi connectivity index (χ2n) is 8.68. The number of nitrogens with one attached hydrogen (secondary N) is 2. The van der Waals surface area contributed by atoms with E-state index in [1.165, 1.54) is 0 Å². The molecule has 0 bridgehead atoms. The van der Waals surface area contributed by atoms with E-state index in [9.17, 15) is 9.59 Å². The van der Waals surface area contributed by atoms with Crippen LogP contribution < -0.4 is 25.8 Å². The third-order valence-corrected chi connectivity index (χ3v) is 4.74. The van der Waals surface area contributed by atoms with Gasteiger partial charge < -0.3 is 30.6 Å². The Kier molecular flexibility index (Phi) is 10.00. The maximum atomic E-state index is 12.6. The first-order valence-electron chi connectivity index (χ1n) is 11.0. The molecule has 4 N–H and O–H groups in total. The van der Waals surface area contributed by atoms with Crippen molar-refractivity contribution in [3.05, 3.63) is 59.7 Å². The summed E-state index contributed by atoms with van der Waals surface area (Å²) in [7, 11) is 1.56. The molecule has 0 radical (unpaired) electrons. The third kappa shape index (κ3) is 9.02. The zero-order valence-corrected chi connectivity index (χ0v) is 19.9. The van der Waals surface area contributed by atoms with E-state index in [4.69, 9.17) is 19.9 Å². The fourth-order valence-corrected chi connectivity index (χ4v) is 2.97. The van der Waals surface area contributed by atoms with Crippen molar-refractivity contribution < 1.29 is 23.8 Å². The molecule has 2 rings (SSSR count). The van der Waals surface area contributed by atoms with Crippen LogP contribution >= 0.6 is 0 Å². The van der Waals surface area contributed by atoms with Crippen LogP contribution in [0.25, 0.3) is 0 Å². The van der Waals surface area contributed by atoms with E-state index in [0.29, 0.717) is 37.6 Å². The van der Waals surface area contributed by atoms with Gasteiger partial charge in [0.15, 0.2) is 11.5 Å². The third-order valence-electron chi connectivity index (χ3n) is 4.74. The average Bonchev–Trinajstić information content (AvgIpc) is 2.79. The standard InChI is InChI=1S/C25H35N3O5/c1-25(2,3)23(29)33-17-20(14-18-8-6-5-7-9-18)28-24(30)27-16-19-10-11-21(32-13-12-26)22(15-19)31-4/h5-11,15,20H,12-14,16-17,26H2,1-4H3,(H2,27,28,30)/t20-/m1/s1. The lowest BCUT2D eigenvalue weighted by atomic mass is 9.97. The van der Waals surface area contributed by atoms with Gasteiger partial charge in [-0.05, 0) is 50.5 Å². The maximum absolute atomic E-state index is 12.6. The number of methoxy groups -OCH3 is 1. The minimum Gasteiger partial charge on any atom is -0.493 e. The minimum absolute atomic E-state index is 0.0828. The van der Waals surface area contributed by atoms with Crippen LogP contribution in [-0.2, 0) is 22.5 Å². The first-order chi connectivity index (χ1) is 15.7. The summed E-state index contributed by atoms with van der Waals surface area (Å²) in [5.74, 6) is 0.853.